The van der Waals surface area contributed by atoms with Crippen LogP contribution in [0.1, 0.15) is 40.5 Å². The molecule has 1 aliphatic rings. The van der Waals surface area contributed by atoms with Gasteiger partial charge in [-0.15, -0.1) is 11.3 Å². The van der Waals surface area contributed by atoms with Crippen molar-refractivity contribution in [1.82, 2.24) is 19.5 Å². The van der Waals surface area contributed by atoms with E-state index in [1.807, 2.05) is 0 Å². The lowest BCUT2D eigenvalue weighted by Crippen LogP contribution is -2.30. The number of halogens is 4. The fourth-order valence-corrected chi connectivity index (χ4v) is 4.78. The summed E-state index contributed by atoms with van der Waals surface area (Å²) in [5.74, 6) is -0.884. The molecule has 1 aromatic carbocycles. The fourth-order valence-electron chi connectivity index (χ4n) is 4.09. The van der Waals surface area contributed by atoms with Crippen LogP contribution in [0.2, 0.25) is 0 Å². The van der Waals surface area contributed by atoms with E-state index in [1.54, 1.807) is 34.5 Å². The second-order valence-electron chi connectivity index (χ2n) is 7.51. The third-order valence-electron chi connectivity index (χ3n) is 5.51. The molecule has 5 rings (SSSR count). The molecule has 164 valence electrons. The predicted octanol–water partition coefficient (Wildman–Crippen LogP) is 5.59. The number of alkyl halides is 3. The van der Waals surface area contributed by atoms with Crippen molar-refractivity contribution in [2.75, 3.05) is 6.54 Å². The Morgan fingerprint density at radius 1 is 1.16 bits per heavy atom. The minimum Gasteiger partial charge on any atom is -0.331 e. The molecule has 0 saturated carbocycles. The first kappa shape index (κ1) is 20.6. The van der Waals surface area contributed by atoms with Crippen LogP contribution in [0.5, 0.6) is 0 Å². The first-order valence-corrected chi connectivity index (χ1v) is 10.8. The summed E-state index contributed by atoms with van der Waals surface area (Å²) in [7, 11) is 0. The van der Waals surface area contributed by atoms with E-state index >= 15 is 0 Å². The monoisotopic (exact) mass is 460 g/mol. The van der Waals surface area contributed by atoms with Crippen molar-refractivity contribution in [2.45, 2.75) is 25.1 Å². The molecule has 4 heterocycles. The van der Waals surface area contributed by atoms with Gasteiger partial charge in [0, 0.05) is 6.54 Å². The van der Waals surface area contributed by atoms with Crippen molar-refractivity contribution < 1.29 is 22.4 Å². The quantitative estimate of drug-likeness (QED) is 0.375. The highest BCUT2D eigenvalue weighted by atomic mass is 32.1. The number of nitrogens with zero attached hydrogens (tertiary/aromatic N) is 4. The SMILES string of the molecule is O=C(c1cnn2c(C(F)(F)F)cc(-c3cccs3)nc12)N1CCC[C@H]1c1cccc(F)c1. The Labute approximate surface area is 183 Å². The first-order chi connectivity index (χ1) is 15.3. The molecular weight excluding hydrogens is 444 g/mol. The van der Waals surface area contributed by atoms with Crippen LogP contribution < -0.4 is 0 Å². The molecule has 3 aromatic heterocycles. The summed E-state index contributed by atoms with van der Waals surface area (Å²) in [5.41, 5.74) is -0.406. The molecule has 1 aliphatic heterocycles. The second kappa shape index (κ2) is 7.70. The lowest BCUT2D eigenvalue weighted by molar-refractivity contribution is -0.142. The fraction of sp³-hybridized carbons (Fsp3) is 0.227. The van der Waals surface area contributed by atoms with Crippen molar-refractivity contribution in [2.24, 2.45) is 0 Å². The van der Waals surface area contributed by atoms with Crippen molar-refractivity contribution in [1.29, 1.82) is 0 Å². The maximum atomic E-state index is 13.8. The summed E-state index contributed by atoms with van der Waals surface area (Å²) in [5, 5.41) is 5.58. The van der Waals surface area contributed by atoms with Gasteiger partial charge in [-0.3, -0.25) is 4.79 Å². The molecule has 0 radical (unpaired) electrons. The van der Waals surface area contributed by atoms with Crippen molar-refractivity contribution >= 4 is 22.9 Å². The standard InChI is InChI=1S/C22H16F4N4OS/c23-14-5-1-4-13(10-14)17-6-2-8-29(17)21(31)15-12-27-30-19(22(24,25)26)11-16(28-20(15)30)18-7-3-9-32-18/h1,3-5,7,9-12,17H,2,6,8H2/t17-/m0/s1. The molecule has 4 aromatic rings. The lowest BCUT2D eigenvalue weighted by atomic mass is 10.0. The first-order valence-electron chi connectivity index (χ1n) is 9.89. The summed E-state index contributed by atoms with van der Waals surface area (Å²) < 4.78 is 55.7. The van der Waals surface area contributed by atoms with Crippen molar-refractivity contribution in [3.05, 3.63) is 76.7 Å². The van der Waals surface area contributed by atoms with Crippen molar-refractivity contribution in [3.63, 3.8) is 0 Å². The van der Waals surface area contributed by atoms with Gasteiger partial charge < -0.3 is 4.90 Å². The molecule has 1 saturated heterocycles. The normalized spacial score (nSPS) is 16.8. The molecule has 1 fully saturated rings. The summed E-state index contributed by atoms with van der Waals surface area (Å²) in [6, 6.07) is 9.97. The summed E-state index contributed by atoms with van der Waals surface area (Å²) in [6.07, 6.45) is -2.22. The van der Waals surface area contributed by atoms with Crippen LogP contribution in [0.4, 0.5) is 17.6 Å². The summed E-state index contributed by atoms with van der Waals surface area (Å²) >= 11 is 1.25. The second-order valence-corrected chi connectivity index (χ2v) is 8.45. The molecular formula is C22H16F4N4OS. The minimum atomic E-state index is -4.68. The van der Waals surface area contributed by atoms with Crippen LogP contribution in [-0.2, 0) is 6.18 Å². The molecule has 32 heavy (non-hydrogen) atoms. The zero-order valence-corrected chi connectivity index (χ0v) is 17.3. The van der Waals surface area contributed by atoms with E-state index in [2.05, 4.69) is 10.1 Å². The molecule has 5 nitrogen and oxygen atoms in total. The van der Waals surface area contributed by atoms with Crippen LogP contribution in [0.3, 0.4) is 0 Å². The highest BCUT2D eigenvalue weighted by molar-refractivity contribution is 7.13. The van der Waals surface area contributed by atoms with Gasteiger partial charge in [0.25, 0.3) is 5.91 Å². The van der Waals surface area contributed by atoms with Crippen LogP contribution in [-0.4, -0.2) is 31.9 Å². The largest absolute Gasteiger partial charge is 0.433 e. The van der Waals surface area contributed by atoms with Crippen LogP contribution in [0.25, 0.3) is 16.2 Å². The van der Waals surface area contributed by atoms with E-state index in [1.165, 1.54) is 23.5 Å². The zero-order valence-electron chi connectivity index (χ0n) is 16.5. The number of benzene rings is 1. The minimum absolute atomic E-state index is 0.0165. The van der Waals surface area contributed by atoms with Gasteiger partial charge in [0.15, 0.2) is 11.3 Å². The Balaban J connectivity index is 1.61. The van der Waals surface area contributed by atoms with E-state index in [0.717, 1.165) is 12.3 Å². The number of rotatable bonds is 3. The van der Waals surface area contributed by atoms with Gasteiger partial charge in [-0.05, 0) is 48.1 Å². The zero-order chi connectivity index (χ0) is 22.5. The molecule has 0 spiro atoms. The molecule has 0 unspecified atom stereocenters. The third kappa shape index (κ3) is 3.54. The van der Waals surface area contributed by atoms with Crippen LogP contribution >= 0.6 is 11.3 Å². The maximum absolute atomic E-state index is 13.8. The third-order valence-corrected chi connectivity index (χ3v) is 6.41. The van der Waals surface area contributed by atoms with Gasteiger partial charge in [-0.1, -0.05) is 18.2 Å². The van der Waals surface area contributed by atoms with Gasteiger partial charge in [0.2, 0.25) is 0 Å². The summed E-state index contributed by atoms with van der Waals surface area (Å²) in [6.45, 7) is 0.411. The number of aromatic nitrogens is 3. The lowest BCUT2D eigenvalue weighted by Gasteiger charge is -2.24. The number of likely N-dealkylation sites (tertiary alicyclic amines) is 1. The van der Waals surface area contributed by atoms with E-state index in [0.29, 0.717) is 34.3 Å². The van der Waals surface area contributed by atoms with Crippen LogP contribution in [0.15, 0.2) is 54.0 Å². The molecule has 0 aliphatic carbocycles. The summed E-state index contributed by atoms with van der Waals surface area (Å²) in [4.78, 5) is 19.9. The Bertz CT molecular complexity index is 1300. The maximum Gasteiger partial charge on any atom is 0.433 e. The van der Waals surface area contributed by atoms with Gasteiger partial charge in [0.05, 0.1) is 22.8 Å². The number of carbonyl (C=O) groups is 1. The van der Waals surface area contributed by atoms with Crippen molar-refractivity contribution in [3.8, 4) is 10.6 Å². The van der Waals surface area contributed by atoms with E-state index in [9.17, 15) is 22.4 Å². The molecule has 10 heteroatoms. The number of carbonyl (C=O) groups excluding carboxylic acids is 1. The number of fused-ring (bicyclic) bond motifs is 1. The Morgan fingerprint density at radius 3 is 2.72 bits per heavy atom. The van der Waals surface area contributed by atoms with Gasteiger partial charge in [-0.2, -0.15) is 18.3 Å². The Morgan fingerprint density at radius 2 is 2.00 bits per heavy atom. The number of thiophene rings is 1. The Hall–Kier alpha value is -3.27. The molecule has 1 atom stereocenters. The smallest absolute Gasteiger partial charge is 0.331 e. The average molecular weight is 460 g/mol. The highest BCUT2D eigenvalue weighted by Crippen LogP contribution is 2.36. The topological polar surface area (TPSA) is 50.5 Å². The van der Waals surface area contributed by atoms with E-state index in [4.69, 9.17) is 0 Å². The molecule has 0 bridgehead atoms. The molecule has 0 N–H and O–H groups in total. The number of hydrogen-bond acceptors (Lipinski definition) is 4. The number of amides is 1. The van der Waals surface area contributed by atoms with Gasteiger partial charge >= 0.3 is 6.18 Å². The van der Waals surface area contributed by atoms with Gasteiger partial charge in [0.1, 0.15) is 11.4 Å². The highest BCUT2D eigenvalue weighted by Gasteiger charge is 2.37. The van der Waals surface area contributed by atoms with E-state index < -0.39 is 23.6 Å². The Kier molecular flexibility index (Phi) is 4.96. The van der Waals surface area contributed by atoms with Gasteiger partial charge in [-0.25, -0.2) is 13.9 Å². The number of hydrogen-bond donors (Lipinski definition) is 0. The average Bonchev–Trinajstić information content (AvgIpc) is 3.52. The molecule has 1 amide bonds. The van der Waals surface area contributed by atoms with E-state index in [-0.39, 0.29) is 22.9 Å². The van der Waals surface area contributed by atoms with Crippen LogP contribution in [0, 0.1) is 5.82 Å². The predicted molar refractivity (Wildman–Crippen MR) is 111 cm³/mol.